The first-order valence-corrected chi connectivity index (χ1v) is 7.64. The molecule has 126 valence electrons. The zero-order valence-electron chi connectivity index (χ0n) is 13.5. The SMILES string of the molecule is CN(C(=O)Cc1ccc(F)c(F)c1)c1ccc(-c2ccccc2)nn1. The first-order chi connectivity index (χ1) is 12.0. The highest BCUT2D eigenvalue weighted by molar-refractivity contribution is 5.93. The number of hydrogen-bond donors (Lipinski definition) is 0. The van der Waals surface area contributed by atoms with Crippen LogP contribution in [-0.2, 0) is 11.2 Å². The van der Waals surface area contributed by atoms with Crippen molar-refractivity contribution in [2.24, 2.45) is 0 Å². The number of carbonyl (C=O) groups is 1. The molecule has 0 bridgehead atoms. The van der Waals surface area contributed by atoms with E-state index in [1.165, 1.54) is 11.0 Å². The molecule has 0 fully saturated rings. The van der Waals surface area contributed by atoms with Gasteiger partial charge < -0.3 is 0 Å². The minimum absolute atomic E-state index is 0.0597. The molecule has 0 aliphatic heterocycles. The summed E-state index contributed by atoms with van der Waals surface area (Å²) in [6.45, 7) is 0. The maximum Gasteiger partial charge on any atom is 0.232 e. The summed E-state index contributed by atoms with van der Waals surface area (Å²) in [6, 6.07) is 16.4. The fraction of sp³-hybridized carbons (Fsp3) is 0.105. The van der Waals surface area contributed by atoms with Gasteiger partial charge in [-0.25, -0.2) is 8.78 Å². The van der Waals surface area contributed by atoms with Crippen LogP contribution in [0.25, 0.3) is 11.3 Å². The molecule has 1 heterocycles. The molecule has 0 aliphatic carbocycles. The van der Waals surface area contributed by atoms with Crippen molar-refractivity contribution in [2.45, 2.75) is 6.42 Å². The quantitative estimate of drug-likeness (QED) is 0.729. The van der Waals surface area contributed by atoms with E-state index in [9.17, 15) is 13.6 Å². The van der Waals surface area contributed by atoms with Gasteiger partial charge in [0.05, 0.1) is 12.1 Å². The molecule has 0 N–H and O–H groups in total. The molecule has 6 heteroatoms. The van der Waals surface area contributed by atoms with Gasteiger partial charge >= 0.3 is 0 Å². The predicted octanol–water partition coefficient (Wildman–Crippen LogP) is 3.63. The van der Waals surface area contributed by atoms with Crippen LogP contribution in [0.5, 0.6) is 0 Å². The lowest BCUT2D eigenvalue weighted by molar-refractivity contribution is -0.117. The van der Waals surface area contributed by atoms with Crippen molar-refractivity contribution in [2.75, 3.05) is 11.9 Å². The van der Waals surface area contributed by atoms with Gasteiger partial charge in [-0.3, -0.25) is 9.69 Å². The number of nitrogens with zero attached hydrogens (tertiary/aromatic N) is 3. The number of rotatable bonds is 4. The van der Waals surface area contributed by atoms with E-state index in [-0.39, 0.29) is 12.3 Å². The second kappa shape index (κ2) is 7.17. The number of hydrogen-bond acceptors (Lipinski definition) is 3. The molecule has 1 amide bonds. The van der Waals surface area contributed by atoms with E-state index >= 15 is 0 Å². The molecule has 1 aromatic heterocycles. The summed E-state index contributed by atoms with van der Waals surface area (Å²) < 4.78 is 26.2. The Hall–Kier alpha value is -3.15. The normalized spacial score (nSPS) is 10.5. The molecule has 0 spiro atoms. The number of likely N-dealkylation sites (N-methyl/N-ethyl adjacent to an activating group) is 1. The summed E-state index contributed by atoms with van der Waals surface area (Å²) in [6.07, 6.45) is -0.0597. The van der Waals surface area contributed by atoms with Crippen molar-refractivity contribution in [3.8, 4) is 11.3 Å². The highest BCUT2D eigenvalue weighted by Gasteiger charge is 2.15. The van der Waals surface area contributed by atoms with Gasteiger partial charge in [-0.05, 0) is 29.8 Å². The monoisotopic (exact) mass is 339 g/mol. The van der Waals surface area contributed by atoms with E-state index in [0.717, 1.165) is 17.7 Å². The van der Waals surface area contributed by atoms with Gasteiger partial charge in [0.1, 0.15) is 0 Å². The van der Waals surface area contributed by atoms with Crippen LogP contribution < -0.4 is 4.90 Å². The van der Waals surface area contributed by atoms with Crippen LogP contribution in [0, 0.1) is 11.6 Å². The smallest absolute Gasteiger partial charge is 0.232 e. The summed E-state index contributed by atoms with van der Waals surface area (Å²) in [5.41, 5.74) is 2.02. The van der Waals surface area contributed by atoms with E-state index in [0.29, 0.717) is 17.1 Å². The van der Waals surface area contributed by atoms with Gasteiger partial charge in [0, 0.05) is 12.6 Å². The van der Waals surface area contributed by atoms with Gasteiger partial charge in [0.25, 0.3) is 0 Å². The molecule has 0 saturated heterocycles. The van der Waals surface area contributed by atoms with Gasteiger partial charge in [0.15, 0.2) is 17.5 Å². The number of carbonyl (C=O) groups excluding carboxylic acids is 1. The summed E-state index contributed by atoms with van der Waals surface area (Å²) in [4.78, 5) is 13.6. The third-order valence-electron chi connectivity index (χ3n) is 3.78. The fourth-order valence-corrected chi connectivity index (χ4v) is 2.34. The first kappa shape index (κ1) is 16.7. The molecule has 0 atom stereocenters. The molecule has 0 saturated carbocycles. The number of anilines is 1. The molecule has 25 heavy (non-hydrogen) atoms. The minimum atomic E-state index is -0.972. The summed E-state index contributed by atoms with van der Waals surface area (Å²) in [5, 5.41) is 8.20. The van der Waals surface area contributed by atoms with Crippen LogP contribution in [0.1, 0.15) is 5.56 Å². The van der Waals surface area contributed by atoms with Crippen molar-refractivity contribution in [1.29, 1.82) is 0 Å². The number of aromatic nitrogens is 2. The zero-order chi connectivity index (χ0) is 17.8. The van der Waals surface area contributed by atoms with Crippen molar-refractivity contribution >= 4 is 11.7 Å². The number of benzene rings is 2. The largest absolute Gasteiger partial charge is 0.298 e. The Labute approximate surface area is 143 Å². The molecule has 0 radical (unpaired) electrons. The zero-order valence-corrected chi connectivity index (χ0v) is 13.5. The molecule has 3 aromatic rings. The third kappa shape index (κ3) is 3.85. The fourth-order valence-electron chi connectivity index (χ4n) is 2.34. The Balaban J connectivity index is 1.72. The second-order valence-corrected chi connectivity index (χ2v) is 5.52. The van der Waals surface area contributed by atoms with Crippen LogP contribution in [0.15, 0.2) is 60.7 Å². The number of halogens is 2. The molecule has 0 unspecified atom stereocenters. The van der Waals surface area contributed by atoms with Crippen LogP contribution in [0.4, 0.5) is 14.6 Å². The third-order valence-corrected chi connectivity index (χ3v) is 3.78. The lowest BCUT2D eigenvalue weighted by atomic mass is 10.1. The average Bonchev–Trinajstić information content (AvgIpc) is 2.65. The summed E-state index contributed by atoms with van der Waals surface area (Å²) in [7, 11) is 1.56. The first-order valence-electron chi connectivity index (χ1n) is 7.64. The Morgan fingerprint density at radius 2 is 1.72 bits per heavy atom. The van der Waals surface area contributed by atoms with E-state index in [2.05, 4.69) is 10.2 Å². The number of amides is 1. The average molecular weight is 339 g/mol. The van der Waals surface area contributed by atoms with Gasteiger partial charge in [-0.15, -0.1) is 10.2 Å². The molecule has 2 aromatic carbocycles. The van der Waals surface area contributed by atoms with E-state index in [1.807, 2.05) is 30.3 Å². The van der Waals surface area contributed by atoms with Gasteiger partial charge in [-0.2, -0.15) is 0 Å². The van der Waals surface area contributed by atoms with Crippen LogP contribution in [0.3, 0.4) is 0 Å². The Morgan fingerprint density at radius 3 is 2.36 bits per heavy atom. The maximum atomic E-state index is 13.2. The van der Waals surface area contributed by atoms with E-state index in [1.54, 1.807) is 19.2 Å². The van der Waals surface area contributed by atoms with Gasteiger partial charge in [-0.1, -0.05) is 36.4 Å². The molecular weight excluding hydrogens is 324 g/mol. The second-order valence-electron chi connectivity index (χ2n) is 5.52. The van der Waals surface area contributed by atoms with Crippen LogP contribution in [-0.4, -0.2) is 23.2 Å². The van der Waals surface area contributed by atoms with Crippen molar-refractivity contribution in [1.82, 2.24) is 10.2 Å². The summed E-state index contributed by atoms with van der Waals surface area (Å²) >= 11 is 0. The molecular formula is C19H15F2N3O. The molecule has 3 rings (SSSR count). The highest BCUT2D eigenvalue weighted by atomic mass is 19.2. The van der Waals surface area contributed by atoms with E-state index < -0.39 is 11.6 Å². The summed E-state index contributed by atoms with van der Waals surface area (Å²) in [5.74, 6) is -1.83. The molecule has 4 nitrogen and oxygen atoms in total. The molecule has 0 aliphatic rings. The van der Waals surface area contributed by atoms with Crippen molar-refractivity contribution < 1.29 is 13.6 Å². The highest BCUT2D eigenvalue weighted by Crippen LogP contribution is 2.18. The minimum Gasteiger partial charge on any atom is -0.298 e. The Bertz CT molecular complexity index is 883. The Kier molecular flexibility index (Phi) is 4.79. The van der Waals surface area contributed by atoms with Crippen LogP contribution >= 0.6 is 0 Å². The standard InChI is InChI=1S/C19H15F2N3O/c1-24(19(25)12-13-7-8-15(20)16(21)11-13)18-10-9-17(22-23-18)14-5-3-2-4-6-14/h2-11H,12H2,1H3. The topological polar surface area (TPSA) is 46.1 Å². The van der Waals surface area contributed by atoms with Gasteiger partial charge in [0.2, 0.25) is 5.91 Å². The lowest BCUT2D eigenvalue weighted by Gasteiger charge is -2.16. The maximum absolute atomic E-state index is 13.2. The van der Waals surface area contributed by atoms with Crippen molar-refractivity contribution in [3.05, 3.63) is 77.9 Å². The van der Waals surface area contributed by atoms with E-state index in [4.69, 9.17) is 0 Å². The predicted molar refractivity (Wildman–Crippen MR) is 90.9 cm³/mol. The van der Waals surface area contributed by atoms with Crippen molar-refractivity contribution in [3.63, 3.8) is 0 Å². The Morgan fingerprint density at radius 1 is 0.960 bits per heavy atom. The lowest BCUT2D eigenvalue weighted by Crippen LogP contribution is -2.28. The van der Waals surface area contributed by atoms with Crippen LogP contribution in [0.2, 0.25) is 0 Å².